The number of nitrogens with two attached hydrogens (primary N) is 1. The second kappa shape index (κ2) is 6.80. The lowest BCUT2D eigenvalue weighted by Gasteiger charge is -2.42. The van der Waals surface area contributed by atoms with Crippen molar-refractivity contribution in [2.75, 3.05) is 18.9 Å². The van der Waals surface area contributed by atoms with E-state index < -0.39 is 45.2 Å². The van der Waals surface area contributed by atoms with Crippen LogP contribution in [0.25, 0.3) is 0 Å². The fourth-order valence-corrected chi connectivity index (χ4v) is 4.00. The van der Waals surface area contributed by atoms with Gasteiger partial charge in [0.2, 0.25) is 0 Å². The number of aliphatic hydroxyl groups is 2. The minimum absolute atomic E-state index is 0.0403. The summed E-state index contributed by atoms with van der Waals surface area (Å²) in [4.78, 5) is 15.8. The van der Waals surface area contributed by atoms with E-state index in [0.29, 0.717) is 6.42 Å². The summed E-state index contributed by atoms with van der Waals surface area (Å²) < 4.78 is 13.6. The van der Waals surface area contributed by atoms with Gasteiger partial charge >= 0.3 is 5.69 Å². The van der Waals surface area contributed by atoms with Crippen LogP contribution in [-0.4, -0.2) is 53.0 Å². The van der Waals surface area contributed by atoms with Gasteiger partial charge in [0, 0.05) is 12.6 Å². The van der Waals surface area contributed by atoms with Crippen molar-refractivity contribution in [2.45, 2.75) is 63.3 Å². The lowest BCUT2D eigenvalue weighted by atomic mass is 9.99. The molecule has 1 aliphatic heterocycles. The third kappa shape index (κ3) is 3.80. The highest BCUT2D eigenvalue weighted by atomic mass is 28.4. The van der Waals surface area contributed by atoms with Crippen molar-refractivity contribution in [3.8, 4) is 0 Å². The van der Waals surface area contributed by atoms with Crippen LogP contribution < -0.4 is 11.4 Å². The van der Waals surface area contributed by atoms with E-state index in [1.165, 1.54) is 16.8 Å². The zero-order chi connectivity index (χ0) is 19.0. The predicted molar refractivity (Wildman–Crippen MR) is 96.6 cm³/mol. The summed E-state index contributed by atoms with van der Waals surface area (Å²) in [5, 5.41) is 19.7. The van der Waals surface area contributed by atoms with Crippen LogP contribution in [0.5, 0.6) is 0 Å². The topological polar surface area (TPSA) is 120 Å². The van der Waals surface area contributed by atoms with Crippen molar-refractivity contribution in [1.29, 1.82) is 0 Å². The fourth-order valence-electron chi connectivity index (χ4n) is 2.62. The minimum atomic E-state index is -2.17. The number of hydrogen-bond acceptors (Lipinski definition) is 7. The lowest BCUT2D eigenvalue weighted by molar-refractivity contribution is -0.147. The Kier molecular flexibility index (Phi) is 5.46. The molecule has 2 atom stereocenters. The number of anilines is 1. The maximum absolute atomic E-state index is 12.1. The first-order valence-electron chi connectivity index (χ1n) is 8.38. The molecule has 0 unspecified atom stereocenters. The number of ether oxygens (including phenoxy) is 1. The van der Waals surface area contributed by atoms with Crippen LogP contribution in [0, 0.1) is 0 Å². The molecule has 25 heavy (non-hydrogen) atoms. The largest absolute Gasteiger partial charge is 0.411 e. The van der Waals surface area contributed by atoms with Gasteiger partial charge in [-0.25, -0.2) is 4.79 Å². The van der Waals surface area contributed by atoms with Crippen molar-refractivity contribution in [3.05, 3.63) is 22.7 Å². The van der Waals surface area contributed by atoms with Crippen molar-refractivity contribution < 1.29 is 19.4 Å². The Hall–Kier alpha value is -1.26. The summed E-state index contributed by atoms with van der Waals surface area (Å²) in [6.07, 6.45) is 0.621. The number of rotatable bonds is 5. The van der Waals surface area contributed by atoms with Gasteiger partial charge in [-0.3, -0.25) is 4.57 Å². The summed E-state index contributed by atoms with van der Waals surface area (Å²) in [6, 6.07) is 1.51. The van der Waals surface area contributed by atoms with E-state index >= 15 is 0 Å². The van der Waals surface area contributed by atoms with E-state index in [4.69, 9.17) is 14.9 Å². The van der Waals surface area contributed by atoms with Crippen LogP contribution >= 0.6 is 0 Å². The van der Waals surface area contributed by atoms with Crippen molar-refractivity contribution in [2.24, 2.45) is 0 Å². The minimum Gasteiger partial charge on any atom is -0.411 e. The SMILES string of the molecule is CC(C)(C)[Si](C)(C)O[C@H]1C[C@H](n2ccc(N)nc2=O)OC1(CO)CO. The van der Waals surface area contributed by atoms with Crippen LogP contribution in [0.15, 0.2) is 17.1 Å². The number of nitrogen functional groups attached to an aromatic ring is 1. The Bertz CT molecular complexity index is 666. The molecule has 1 aromatic heterocycles. The molecule has 0 amide bonds. The van der Waals surface area contributed by atoms with Crippen molar-refractivity contribution in [3.63, 3.8) is 0 Å². The molecule has 8 nitrogen and oxygen atoms in total. The molecular formula is C16H29N3O5Si. The molecule has 0 bridgehead atoms. The highest BCUT2D eigenvalue weighted by Crippen LogP contribution is 2.44. The summed E-state index contributed by atoms with van der Waals surface area (Å²) in [5.74, 6) is 0.129. The summed E-state index contributed by atoms with van der Waals surface area (Å²) in [5.41, 5.74) is 3.72. The van der Waals surface area contributed by atoms with Gasteiger partial charge in [0.1, 0.15) is 17.6 Å². The molecule has 1 aromatic rings. The molecule has 0 saturated carbocycles. The third-order valence-corrected chi connectivity index (χ3v) is 9.80. The summed E-state index contributed by atoms with van der Waals surface area (Å²) in [6.45, 7) is 9.71. The first kappa shape index (κ1) is 20.1. The first-order valence-corrected chi connectivity index (χ1v) is 11.3. The van der Waals surface area contributed by atoms with Gasteiger partial charge in [-0.1, -0.05) is 20.8 Å². The summed E-state index contributed by atoms with van der Waals surface area (Å²) in [7, 11) is -2.17. The standard InChI is InChI=1S/C16H29N3O5Si/c1-15(2,3)25(4,5)24-11-8-13(23-16(11,9-20)10-21)19-7-6-12(17)18-14(19)22/h6-7,11,13,20-21H,8-10H2,1-5H3,(H2,17,18,22)/t11-,13+/m0/s1. The molecule has 1 fully saturated rings. The molecule has 142 valence electrons. The first-order chi connectivity index (χ1) is 11.5. The van der Waals surface area contributed by atoms with Crippen molar-refractivity contribution in [1.82, 2.24) is 9.55 Å². The Morgan fingerprint density at radius 1 is 1.44 bits per heavy atom. The molecule has 0 aromatic carbocycles. The van der Waals surface area contributed by atoms with Crippen molar-refractivity contribution >= 4 is 14.1 Å². The highest BCUT2D eigenvalue weighted by molar-refractivity contribution is 6.74. The summed E-state index contributed by atoms with van der Waals surface area (Å²) >= 11 is 0. The number of nitrogens with zero attached hydrogens (tertiary/aromatic N) is 2. The van der Waals surface area contributed by atoms with Crippen LogP contribution in [0.3, 0.4) is 0 Å². The van der Waals surface area contributed by atoms with Gasteiger partial charge in [0.15, 0.2) is 8.32 Å². The van der Waals surface area contributed by atoms with E-state index in [1.807, 2.05) is 0 Å². The fraction of sp³-hybridized carbons (Fsp3) is 0.750. The Morgan fingerprint density at radius 2 is 2.04 bits per heavy atom. The quantitative estimate of drug-likeness (QED) is 0.657. The molecule has 4 N–H and O–H groups in total. The van der Waals surface area contributed by atoms with E-state index in [1.54, 1.807) is 0 Å². The average Bonchev–Trinajstić information content (AvgIpc) is 2.84. The average molecular weight is 372 g/mol. The highest BCUT2D eigenvalue weighted by Gasteiger charge is 2.53. The molecule has 0 aliphatic carbocycles. The van der Waals surface area contributed by atoms with Gasteiger partial charge in [-0.2, -0.15) is 4.98 Å². The van der Waals surface area contributed by atoms with Gasteiger partial charge in [0.25, 0.3) is 0 Å². The maximum atomic E-state index is 12.1. The molecule has 2 rings (SSSR count). The zero-order valence-electron chi connectivity index (χ0n) is 15.5. The Labute approximate surface area is 148 Å². The molecule has 1 aliphatic rings. The van der Waals surface area contributed by atoms with E-state index in [-0.39, 0.29) is 10.9 Å². The van der Waals surface area contributed by atoms with Gasteiger partial charge in [0.05, 0.1) is 19.3 Å². The second-order valence-corrected chi connectivity index (χ2v) is 12.9. The number of hydrogen-bond donors (Lipinski definition) is 3. The normalized spacial score (nSPS) is 23.8. The van der Waals surface area contributed by atoms with E-state index in [9.17, 15) is 15.0 Å². The molecule has 0 radical (unpaired) electrons. The Balaban J connectivity index is 2.34. The lowest BCUT2D eigenvalue weighted by Crippen LogP contribution is -2.54. The second-order valence-electron chi connectivity index (χ2n) is 8.10. The van der Waals surface area contributed by atoms with Gasteiger partial charge < -0.3 is 25.1 Å². The van der Waals surface area contributed by atoms with Crippen LogP contribution in [0.2, 0.25) is 18.1 Å². The van der Waals surface area contributed by atoms with Gasteiger partial charge in [-0.15, -0.1) is 0 Å². The van der Waals surface area contributed by atoms with Crippen LogP contribution in [0.4, 0.5) is 5.82 Å². The monoisotopic (exact) mass is 371 g/mol. The van der Waals surface area contributed by atoms with E-state index in [2.05, 4.69) is 38.8 Å². The molecule has 9 heteroatoms. The van der Waals surface area contributed by atoms with Gasteiger partial charge in [-0.05, 0) is 24.2 Å². The third-order valence-electron chi connectivity index (χ3n) is 5.31. The predicted octanol–water partition coefficient (Wildman–Crippen LogP) is 0.858. The molecular weight excluding hydrogens is 342 g/mol. The zero-order valence-corrected chi connectivity index (χ0v) is 16.5. The number of aliphatic hydroxyl groups excluding tert-OH is 2. The Morgan fingerprint density at radius 3 is 2.52 bits per heavy atom. The van der Waals surface area contributed by atoms with Crippen LogP contribution in [-0.2, 0) is 9.16 Å². The molecule has 2 heterocycles. The molecule has 0 spiro atoms. The van der Waals surface area contributed by atoms with E-state index in [0.717, 1.165) is 0 Å². The maximum Gasteiger partial charge on any atom is 0.351 e. The molecule has 1 saturated heterocycles. The van der Waals surface area contributed by atoms with Crippen LogP contribution in [0.1, 0.15) is 33.4 Å². The smallest absolute Gasteiger partial charge is 0.351 e. The number of aromatic nitrogens is 2.